The lowest BCUT2D eigenvalue weighted by Crippen LogP contribution is -2.17. The number of hydrazone groups is 1. The lowest BCUT2D eigenvalue weighted by molar-refractivity contribution is 0.0956. The second-order valence-corrected chi connectivity index (χ2v) is 7.44. The first-order valence-corrected chi connectivity index (χ1v) is 9.77. The first-order valence-electron chi connectivity index (χ1n) is 9.01. The van der Waals surface area contributed by atoms with E-state index in [2.05, 4.69) is 15.1 Å². The third-order valence-electron chi connectivity index (χ3n) is 4.55. The maximum Gasteiger partial charge on any atom is 0.273 e. The summed E-state index contributed by atoms with van der Waals surface area (Å²) in [5.41, 5.74) is 6.11. The van der Waals surface area contributed by atoms with Crippen molar-refractivity contribution in [2.75, 3.05) is 0 Å². The van der Waals surface area contributed by atoms with Crippen molar-refractivity contribution >= 4 is 46.2 Å². The Hall–Kier alpha value is -3.08. The number of carbonyl (C=O) groups excluding carboxylic acids is 1. The van der Waals surface area contributed by atoms with Gasteiger partial charge in [0.15, 0.2) is 0 Å². The van der Waals surface area contributed by atoms with Crippen molar-refractivity contribution in [2.45, 2.75) is 6.54 Å². The van der Waals surface area contributed by atoms with Crippen LogP contribution in [0, 0.1) is 0 Å². The van der Waals surface area contributed by atoms with E-state index in [0.717, 1.165) is 22.0 Å². The highest BCUT2D eigenvalue weighted by atomic mass is 35.5. The molecule has 0 spiro atoms. The fourth-order valence-electron chi connectivity index (χ4n) is 3.12. The largest absolute Gasteiger partial charge is 0.342 e. The van der Waals surface area contributed by atoms with Gasteiger partial charge in [0.25, 0.3) is 5.91 Å². The molecular formula is C23H17Cl2N3O. The van der Waals surface area contributed by atoms with Gasteiger partial charge in [0, 0.05) is 33.7 Å². The van der Waals surface area contributed by atoms with E-state index in [1.165, 1.54) is 0 Å². The van der Waals surface area contributed by atoms with Crippen LogP contribution in [0.5, 0.6) is 0 Å². The van der Waals surface area contributed by atoms with E-state index in [1.54, 1.807) is 18.3 Å². The summed E-state index contributed by atoms with van der Waals surface area (Å²) in [4.78, 5) is 12.7. The Morgan fingerprint density at radius 3 is 2.31 bits per heavy atom. The lowest BCUT2D eigenvalue weighted by atomic mass is 10.1. The Morgan fingerprint density at radius 2 is 1.59 bits per heavy atom. The highest BCUT2D eigenvalue weighted by molar-refractivity contribution is 6.30. The summed E-state index contributed by atoms with van der Waals surface area (Å²) in [7, 11) is 0. The van der Waals surface area contributed by atoms with Gasteiger partial charge in [-0.15, -0.1) is 0 Å². The van der Waals surface area contributed by atoms with Crippen molar-refractivity contribution in [3.05, 3.63) is 106 Å². The molecule has 4 aromatic rings. The van der Waals surface area contributed by atoms with Gasteiger partial charge in [-0.25, -0.2) is 5.43 Å². The van der Waals surface area contributed by atoms with Crippen molar-refractivity contribution in [1.29, 1.82) is 0 Å². The number of para-hydroxylation sites is 1. The van der Waals surface area contributed by atoms with Crippen molar-refractivity contribution in [1.82, 2.24) is 9.99 Å². The fraction of sp³-hybridized carbons (Fsp3) is 0.0435. The molecule has 0 unspecified atom stereocenters. The molecule has 0 radical (unpaired) electrons. The number of nitrogens with zero attached hydrogens (tertiary/aromatic N) is 2. The molecule has 1 heterocycles. The number of halogens is 2. The Morgan fingerprint density at radius 1 is 0.931 bits per heavy atom. The summed E-state index contributed by atoms with van der Waals surface area (Å²) in [6.45, 7) is 0.638. The van der Waals surface area contributed by atoms with Gasteiger partial charge in [-0.3, -0.25) is 4.79 Å². The molecule has 1 amide bonds. The molecule has 29 heavy (non-hydrogen) atoms. The number of nitrogens with one attached hydrogen (secondary N) is 1. The molecule has 0 aliphatic rings. The van der Waals surface area contributed by atoms with Crippen LogP contribution in [0.1, 0.15) is 21.5 Å². The minimum absolute atomic E-state index is 0.263. The molecular weight excluding hydrogens is 405 g/mol. The van der Waals surface area contributed by atoms with Gasteiger partial charge in [0.1, 0.15) is 0 Å². The number of amides is 1. The summed E-state index contributed by atoms with van der Waals surface area (Å²) in [5, 5.41) is 6.29. The van der Waals surface area contributed by atoms with Gasteiger partial charge >= 0.3 is 0 Å². The molecule has 0 bridgehead atoms. The van der Waals surface area contributed by atoms with Crippen LogP contribution >= 0.6 is 23.2 Å². The second-order valence-electron chi connectivity index (χ2n) is 6.56. The number of rotatable bonds is 5. The molecule has 6 heteroatoms. The van der Waals surface area contributed by atoms with Crippen LogP contribution in [0.4, 0.5) is 0 Å². The molecule has 0 saturated heterocycles. The van der Waals surface area contributed by atoms with Crippen molar-refractivity contribution in [3.63, 3.8) is 0 Å². The quantitative estimate of drug-likeness (QED) is 0.323. The van der Waals surface area contributed by atoms with Gasteiger partial charge < -0.3 is 4.57 Å². The summed E-state index contributed by atoms with van der Waals surface area (Å²) in [5.74, 6) is -0.263. The summed E-state index contributed by atoms with van der Waals surface area (Å²) in [6, 6.07) is 22.7. The van der Waals surface area contributed by atoms with E-state index in [9.17, 15) is 4.79 Å². The molecule has 0 saturated carbocycles. The molecule has 4 rings (SSSR count). The molecule has 0 aliphatic heterocycles. The summed E-state index contributed by atoms with van der Waals surface area (Å²) < 4.78 is 2.05. The topological polar surface area (TPSA) is 46.4 Å². The Labute approximate surface area is 178 Å². The van der Waals surface area contributed by atoms with Crippen LogP contribution in [-0.4, -0.2) is 16.7 Å². The normalized spacial score (nSPS) is 11.2. The molecule has 3 aromatic carbocycles. The number of fused-ring (bicyclic) bond motifs is 1. The number of hydrogen-bond donors (Lipinski definition) is 1. The zero-order chi connectivity index (χ0) is 20.2. The molecule has 4 nitrogen and oxygen atoms in total. The van der Waals surface area contributed by atoms with Crippen LogP contribution in [0.25, 0.3) is 10.9 Å². The smallest absolute Gasteiger partial charge is 0.273 e. The summed E-state index contributed by atoms with van der Waals surface area (Å²) >= 11 is 11.9. The zero-order valence-corrected chi connectivity index (χ0v) is 16.9. The van der Waals surface area contributed by atoms with Gasteiger partial charge in [-0.2, -0.15) is 5.10 Å². The molecule has 0 aliphatic carbocycles. The number of aromatic nitrogens is 1. The van der Waals surface area contributed by atoms with E-state index >= 15 is 0 Å². The van der Waals surface area contributed by atoms with Crippen LogP contribution < -0.4 is 5.43 Å². The van der Waals surface area contributed by atoms with Crippen molar-refractivity contribution < 1.29 is 4.79 Å². The maximum atomic E-state index is 12.7. The van der Waals surface area contributed by atoms with Crippen LogP contribution in [0.3, 0.4) is 0 Å². The van der Waals surface area contributed by atoms with Crippen LogP contribution in [0.2, 0.25) is 10.0 Å². The molecule has 0 fully saturated rings. The highest BCUT2D eigenvalue weighted by Crippen LogP contribution is 2.23. The van der Waals surface area contributed by atoms with Gasteiger partial charge in [-0.1, -0.05) is 65.7 Å². The van der Waals surface area contributed by atoms with Gasteiger partial charge in [0.2, 0.25) is 0 Å². The van der Waals surface area contributed by atoms with E-state index in [4.69, 9.17) is 23.2 Å². The molecule has 1 aromatic heterocycles. The average molecular weight is 422 g/mol. The van der Waals surface area contributed by atoms with E-state index in [-0.39, 0.29) is 5.91 Å². The fourth-order valence-corrected chi connectivity index (χ4v) is 3.37. The Bertz CT molecular complexity index is 1180. The van der Waals surface area contributed by atoms with Crippen molar-refractivity contribution in [3.8, 4) is 0 Å². The SMILES string of the molecule is O=C(N/N=C/c1ccc(Cl)cc1)c1cn(Cc2ccc(Cl)cc2)c2ccccc12. The van der Waals surface area contributed by atoms with E-state index in [0.29, 0.717) is 22.2 Å². The lowest BCUT2D eigenvalue weighted by Gasteiger charge is -2.05. The Kier molecular flexibility index (Phi) is 5.65. The number of carbonyl (C=O) groups is 1. The minimum Gasteiger partial charge on any atom is -0.342 e. The maximum absolute atomic E-state index is 12.7. The van der Waals surface area contributed by atoms with Crippen molar-refractivity contribution in [2.24, 2.45) is 5.10 Å². The molecule has 144 valence electrons. The zero-order valence-electron chi connectivity index (χ0n) is 15.3. The van der Waals surface area contributed by atoms with E-state index < -0.39 is 0 Å². The van der Waals surface area contributed by atoms with Crippen LogP contribution in [0.15, 0.2) is 84.1 Å². The highest BCUT2D eigenvalue weighted by Gasteiger charge is 2.14. The molecule has 1 N–H and O–H groups in total. The second kappa shape index (κ2) is 8.52. The van der Waals surface area contributed by atoms with E-state index in [1.807, 2.05) is 66.9 Å². The standard InChI is InChI=1S/C23H17Cl2N3O/c24-18-9-5-16(6-10-18)13-26-27-23(29)21-15-28(22-4-2-1-3-20(21)22)14-17-7-11-19(25)12-8-17/h1-13,15H,14H2,(H,27,29)/b26-13+. The Balaban J connectivity index is 1.57. The third kappa shape index (κ3) is 4.50. The predicted molar refractivity (Wildman–Crippen MR) is 119 cm³/mol. The predicted octanol–water partition coefficient (Wildman–Crippen LogP) is 5.76. The first kappa shape index (κ1) is 19.2. The van der Waals surface area contributed by atoms with Gasteiger partial charge in [0.05, 0.1) is 11.8 Å². The van der Waals surface area contributed by atoms with Gasteiger partial charge in [-0.05, 0) is 41.5 Å². The molecule has 0 atom stereocenters. The number of hydrogen-bond acceptors (Lipinski definition) is 2. The third-order valence-corrected chi connectivity index (χ3v) is 5.05. The van der Waals surface area contributed by atoms with Crippen LogP contribution in [-0.2, 0) is 6.54 Å². The monoisotopic (exact) mass is 421 g/mol. The summed E-state index contributed by atoms with van der Waals surface area (Å²) in [6.07, 6.45) is 3.44. The number of benzene rings is 3. The average Bonchev–Trinajstić information content (AvgIpc) is 3.10. The minimum atomic E-state index is -0.263. The first-order chi connectivity index (χ1) is 14.1.